The predicted octanol–water partition coefficient (Wildman–Crippen LogP) is 7.60. The molecule has 5 rings (SSSR count). The number of rotatable bonds is 5. The molecule has 0 saturated carbocycles. The second-order valence-corrected chi connectivity index (χ2v) is 9.57. The van der Waals surface area contributed by atoms with Crippen molar-refractivity contribution in [3.05, 3.63) is 121 Å². The Morgan fingerprint density at radius 2 is 1.44 bits per heavy atom. The number of anilines is 1. The molecule has 10 heteroatoms. The van der Waals surface area contributed by atoms with Crippen LogP contribution in [0.4, 0.5) is 5.69 Å². The third kappa shape index (κ3) is 5.47. The van der Waals surface area contributed by atoms with Gasteiger partial charge in [0.1, 0.15) is 22.6 Å². The highest BCUT2D eigenvalue weighted by Crippen LogP contribution is 2.41. The Labute approximate surface area is 236 Å². The molecule has 0 saturated heterocycles. The summed E-state index contributed by atoms with van der Waals surface area (Å²) in [6.07, 6.45) is 0. The van der Waals surface area contributed by atoms with Crippen molar-refractivity contribution in [2.45, 2.75) is 0 Å². The van der Waals surface area contributed by atoms with Crippen molar-refractivity contribution in [3.8, 4) is 22.8 Å². The first-order valence-electron chi connectivity index (χ1n) is 11.3. The molecule has 0 fully saturated rings. The van der Waals surface area contributed by atoms with E-state index >= 15 is 0 Å². The second-order valence-electron chi connectivity index (χ2n) is 8.29. The SMILES string of the molecule is O=C(Nc1c(OC(=O)c2ccc(Cl)cc2)cc(O)c2c(=O)cc(-c3ccccc3Cl)oc12)c1ccc(Cl)cc1. The highest BCUT2D eigenvalue weighted by atomic mass is 35.5. The van der Waals surface area contributed by atoms with E-state index in [-0.39, 0.29) is 39.3 Å². The number of carbonyl (C=O) groups is 2. The van der Waals surface area contributed by atoms with Crippen LogP contribution in [-0.4, -0.2) is 17.0 Å². The van der Waals surface area contributed by atoms with Crippen LogP contribution >= 0.6 is 34.8 Å². The molecule has 0 spiro atoms. The number of esters is 1. The van der Waals surface area contributed by atoms with E-state index in [2.05, 4.69) is 5.32 Å². The molecular weight excluding hydrogens is 565 g/mol. The number of fused-ring (bicyclic) bond motifs is 1. The van der Waals surface area contributed by atoms with Crippen LogP contribution in [0, 0.1) is 0 Å². The topological polar surface area (TPSA) is 106 Å². The van der Waals surface area contributed by atoms with Crippen LogP contribution < -0.4 is 15.5 Å². The molecule has 7 nitrogen and oxygen atoms in total. The molecule has 1 aromatic heterocycles. The van der Waals surface area contributed by atoms with Crippen molar-refractivity contribution >= 4 is 63.3 Å². The van der Waals surface area contributed by atoms with Crippen LogP contribution in [0.3, 0.4) is 0 Å². The van der Waals surface area contributed by atoms with Gasteiger partial charge in [-0.15, -0.1) is 0 Å². The lowest BCUT2D eigenvalue weighted by molar-refractivity contribution is 0.0734. The van der Waals surface area contributed by atoms with Gasteiger partial charge in [0.2, 0.25) is 0 Å². The van der Waals surface area contributed by atoms with Gasteiger partial charge in [-0.05, 0) is 60.7 Å². The summed E-state index contributed by atoms with van der Waals surface area (Å²) in [5, 5.41) is 14.3. The van der Waals surface area contributed by atoms with Crippen LogP contribution in [0.15, 0.2) is 94.1 Å². The fraction of sp³-hybridized carbons (Fsp3) is 0. The normalized spacial score (nSPS) is 10.8. The van der Waals surface area contributed by atoms with E-state index < -0.39 is 23.1 Å². The molecule has 4 aromatic carbocycles. The van der Waals surface area contributed by atoms with Crippen LogP contribution in [-0.2, 0) is 0 Å². The minimum Gasteiger partial charge on any atom is -0.507 e. The van der Waals surface area contributed by atoms with Gasteiger partial charge in [0.15, 0.2) is 16.8 Å². The first kappa shape index (κ1) is 26.3. The van der Waals surface area contributed by atoms with Crippen molar-refractivity contribution < 1.29 is 23.8 Å². The molecule has 0 radical (unpaired) electrons. The van der Waals surface area contributed by atoms with Crippen molar-refractivity contribution in [2.24, 2.45) is 0 Å². The number of benzene rings is 4. The highest BCUT2D eigenvalue weighted by molar-refractivity contribution is 6.33. The van der Waals surface area contributed by atoms with Gasteiger partial charge in [-0.3, -0.25) is 9.59 Å². The lowest BCUT2D eigenvalue weighted by atomic mass is 10.1. The zero-order valence-corrected chi connectivity index (χ0v) is 22.0. The van der Waals surface area contributed by atoms with Crippen LogP contribution in [0.1, 0.15) is 20.7 Å². The first-order chi connectivity index (χ1) is 18.7. The molecule has 5 aromatic rings. The third-order valence-corrected chi connectivity index (χ3v) is 6.55. The van der Waals surface area contributed by atoms with Gasteiger partial charge in [-0.1, -0.05) is 46.9 Å². The standard InChI is InChI=1S/C29H16Cl3NO6/c30-17-9-5-15(6-10-17)28(36)33-26-24(39-29(37)16-7-11-18(31)12-8-16)14-22(35)25-21(34)13-23(38-27(25)26)19-3-1-2-4-20(19)32/h1-14,35H,(H,33,36). The number of ether oxygens (including phenoxy) is 1. The Balaban J connectivity index is 1.70. The average Bonchev–Trinajstić information content (AvgIpc) is 2.91. The third-order valence-electron chi connectivity index (χ3n) is 5.71. The number of halogens is 3. The van der Waals surface area contributed by atoms with E-state index in [1.54, 1.807) is 24.3 Å². The maximum absolute atomic E-state index is 13.2. The molecule has 0 bridgehead atoms. The van der Waals surface area contributed by atoms with Crippen molar-refractivity contribution in [2.75, 3.05) is 5.32 Å². The van der Waals surface area contributed by atoms with E-state index in [9.17, 15) is 19.5 Å². The van der Waals surface area contributed by atoms with E-state index in [1.807, 2.05) is 0 Å². The lowest BCUT2D eigenvalue weighted by Crippen LogP contribution is -2.16. The molecule has 0 atom stereocenters. The van der Waals surface area contributed by atoms with Crippen molar-refractivity contribution in [3.63, 3.8) is 0 Å². The molecule has 0 aliphatic carbocycles. The van der Waals surface area contributed by atoms with E-state index in [4.69, 9.17) is 44.0 Å². The van der Waals surface area contributed by atoms with Gasteiger partial charge in [0, 0.05) is 33.3 Å². The Kier molecular flexibility index (Phi) is 7.30. The number of hydrogen-bond donors (Lipinski definition) is 2. The van der Waals surface area contributed by atoms with E-state index in [0.29, 0.717) is 20.6 Å². The first-order valence-corrected chi connectivity index (χ1v) is 12.5. The maximum Gasteiger partial charge on any atom is 0.343 e. The van der Waals surface area contributed by atoms with Crippen LogP contribution in [0.25, 0.3) is 22.3 Å². The Morgan fingerprint density at radius 3 is 2.08 bits per heavy atom. The zero-order chi connectivity index (χ0) is 27.7. The molecule has 1 amide bonds. The molecular formula is C29H16Cl3NO6. The van der Waals surface area contributed by atoms with Gasteiger partial charge in [0.05, 0.1) is 10.6 Å². The molecule has 1 heterocycles. The van der Waals surface area contributed by atoms with Crippen molar-refractivity contribution in [1.29, 1.82) is 0 Å². The van der Waals surface area contributed by atoms with Gasteiger partial charge in [0.25, 0.3) is 5.91 Å². The summed E-state index contributed by atoms with van der Waals surface area (Å²) in [4.78, 5) is 39.2. The minimum absolute atomic E-state index is 0.0701. The van der Waals surface area contributed by atoms with E-state index in [0.717, 1.165) is 6.07 Å². The van der Waals surface area contributed by atoms with Gasteiger partial charge < -0.3 is 19.6 Å². The predicted molar refractivity (Wildman–Crippen MR) is 150 cm³/mol. The molecule has 194 valence electrons. The summed E-state index contributed by atoms with van der Waals surface area (Å²) in [5.74, 6) is -2.14. The average molecular weight is 581 g/mol. The van der Waals surface area contributed by atoms with Crippen molar-refractivity contribution in [1.82, 2.24) is 0 Å². The van der Waals surface area contributed by atoms with Gasteiger partial charge in [-0.25, -0.2) is 4.79 Å². The second kappa shape index (κ2) is 10.8. The van der Waals surface area contributed by atoms with Crippen LogP contribution in [0.5, 0.6) is 11.5 Å². The number of aromatic hydroxyl groups is 1. The highest BCUT2D eigenvalue weighted by Gasteiger charge is 2.24. The summed E-state index contributed by atoms with van der Waals surface area (Å²) in [5.41, 5.74) is -0.215. The Bertz CT molecular complexity index is 1800. The largest absolute Gasteiger partial charge is 0.507 e. The number of phenolic OH excluding ortho intramolecular Hbond substituents is 1. The zero-order valence-electron chi connectivity index (χ0n) is 19.7. The lowest BCUT2D eigenvalue weighted by Gasteiger charge is -2.15. The smallest absolute Gasteiger partial charge is 0.343 e. The minimum atomic E-state index is -0.808. The van der Waals surface area contributed by atoms with E-state index in [1.165, 1.54) is 54.6 Å². The van der Waals surface area contributed by atoms with Gasteiger partial charge in [-0.2, -0.15) is 0 Å². The molecule has 0 aliphatic heterocycles. The molecule has 0 aliphatic rings. The monoisotopic (exact) mass is 579 g/mol. The van der Waals surface area contributed by atoms with Crippen LogP contribution in [0.2, 0.25) is 15.1 Å². The summed E-state index contributed by atoms with van der Waals surface area (Å²) < 4.78 is 11.6. The summed E-state index contributed by atoms with van der Waals surface area (Å²) >= 11 is 18.2. The quantitative estimate of drug-likeness (QED) is 0.126. The summed E-state index contributed by atoms with van der Waals surface area (Å²) in [6, 6.07) is 20.9. The Morgan fingerprint density at radius 1 is 0.821 bits per heavy atom. The number of nitrogens with one attached hydrogen (secondary N) is 1. The summed E-state index contributed by atoms with van der Waals surface area (Å²) in [6.45, 7) is 0. The number of carbonyl (C=O) groups excluding carboxylic acids is 2. The fourth-order valence-corrected chi connectivity index (χ4v) is 4.30. The number of phenols is 1. The number of amides is 1. The molecule has 39 heavy (non-hydrogen) atoms. The number of hydrogen-bond acceptors (Lipinski definition) is 6. The molecule has 2 N–H and O–H groups in total. The maximum atomic E-state index is 13.2. The Hall–Kier alpha value is -4.30. The van der Waals surface area contributed by atoms with Gasteiger partial charge >= 0.3 is 5.97 Å². The fourth-order valence-electron chi connectivity index (χ4n) is 3.82. The summed E-state index contributed by atoms with van der Waals surface area (Å²) in [7, 11) is 0. The molecule has 0 unspecified atom stereocenters.